The number of pyridine rings is 1. The molecule has 0 aromatic carbocycles. The van der Waals surface area contributed by atoms with Gasteiger partial charge in [0.15, 0.2) is 0 Å². The minimum atomic E-state index is -3.23. The van der Waals surface area contributed by atoms with Gasteiger partial charge < -0.3 is 11.1 Å². The second-order valence-corrected chi connectivity index (χ2v) is 5.02. The average Bonchev–Trinajstić information content (AvgIpc) is 2.55. The summed E-state index contributed by atoms with van der Waals surface area (Å²) in [6.45, 7) is -1.83. The normalized spacial score (nSPS) is 11.7. The highest BCUT2D eigenvalue weighted by Crippen LogP contribution is 2.10. The number of aryl methyl sites for hydroxylation is 1. The van der Waals surface area contributed by atoms with Gasteiger partial charge in [-0.2, -0.15) is 0 Å². The lowest BCUT2D eigenvalue weighted by Gasteiger charge is -2.14. The smallest absolute Gasteiger partial charge is 0.332 e. The fourth-order valence-corrected chi connectivity index (χ4v) is 1.95. The van der Waals surface area contributed by atoms with Crippen LogP contribution in [0.4, 0.5) is 8.78 Å². The maximum atomic E-state index is 13.0. The summed E-state index contributed by atoms with van der Waals surface area (Å²) in [5.74, 6) is -4.08. The van der Waals surface area contributed by atoms with Crippen LogP contribution in [0.25, 0.3) is 11.0 Å². The summed E-state index contributed by atoms with van der Waals surface area (Å²) in [5, 5.41) is 2.15. The average molecular weight is 327 g/mol. The van der Waals surface area contributed by atoms with E-state index in [9.17, 15) is 23.2 Å². The lowest BCUT2D eigenvalue weighted by Crippen LogP contribution is -2.42. The Morgan fingerprint density at radius 2 is 1.96 bits per heavy atom. The molecular formula is C13H15F2N5O3. The minimum Gasteiger partial charge on any atom is -0.345 e. The SMILES string of the molecule is Cn1c(=O)c2ccc(C(=O)NCC(F)(F)CN)nc2n(C)c1=O. The van der Waals surface area contributed by atoms with Crippen LogP contribution in [0.1, 0.15) is 10.5 Å². The second-order valence-electron chi connectivity index (χ2n) is 5.02. The van der Waals surface area contributed by atoms with Crippen LogP contribution in [0, 0.1) is 0 Å². The molecule has 0 atom stereocenters. The van der Waals surface area contributed by atoms with Gasteiger partial charge in [0, 0.05) is 14.1 Å². The van der Waals surface area contributed by atoms with Crippen LogP contribution in [0.3, 0.4) is 0 Å². The molecule has 8 nitrogen and oxygen atoms in total. The summed E-state index contributed by atoms with van der Waals surface area (Å²) < 4.78 is 28.1. The van der Waals surface area contributed by atoms with Crippen molar-refractivity contribution in [2.45, 2.75) is 5.92 Å². The van der Waals surface area contributed by atoms with E-state index in [0.717, 1.165) is 9.13 Å². The number of nitrogens with one attached hydrogen (secondary N) is 1. The van der Waals surface area contributed by atoms with Crippen LogP contribution in [0.15, 0.2) is 21.7 Å². The number of carbonyl (C=O) groups is 1. The summed E-state index contributed by atoms with van der Waals surface area (Å²) in [6, 6.07) is 2.55. The molecule has 0 unspecified atom stereocenters. The predicted octanol–water partition coefficient (Wildman–Crippen LogP) is -1.04. The molecule has 0 radical (unpaired) electrons. The minimum absolute atomic E-state index is 0.00339. The second kappa shape index (κ2) is 5.88. The van der Waals surface area contributed by atoms with Crippen molar-refractivity contribution in [2.75, 3.05) is 13.1 Å². The summed E-state index contributed by atoms with van der Waals surface area (Å²) in [7, 11) is 2.71. The number of rotatable bonds is 4. The van der Waals surface area contributed by atoms with E-state index in [1.54, 1.807) is 0 Å². The Bertz CT molecular complexity index is 888. The van der Waals surface area contributed by atoms with Gasteiger partial charge in [0.2, 0.25) is 0 Å². The molecule has 2 rings (SSSR count). The third kappa shape index (κ3) is 3.11. The van der Waals surface area contributed by atoms with E-state index in [4.69, 9.17) is 5.73 Å². The Labute approximate surface area is 128 Å². The van der Waals surface area contributed by atoms with E-state index < -0.39 is 36.2 Å². The van der Waals surface area contributed by atoms with Gasteiger partial charge >= 0.3 is 5.69 Å². The number of nitrogens with zero attached hydrogens (tertiary/aromatic N) is 3. The van der Waals surface area contributed by atoms with Crippen molar-refractivity contribution in [3.05, 3.63) is 38.7 Å². The zero-order chi connectivity index (χ0) is 17.4. The maximum Gasteiger partial charge on any atom is 0.332 e. The first kappa shape index (κ1) is 16.7. The van der Waals surface area contributed by atoms with Crippen LogP contribution < -0.4 is 22.3 Å². The quantitative estimate of drug-likeness (QED) is 0.745. The Hall–Kier alpha value is -2.62. The number of nitrogens with two attached hydrogens (primary N) is 1. The number of amides is 1. The first-order valence-electron chi connectivity index (χ1n) is 6.61. The lowest BCUT2D eigenvalue weighted by molar-refractivity contribution is 0.0118. The monoisotopic (exact) mass is 327 g/mol. The van der Waals surface area contributed by atoms with Crippen LogP contribution in [0.5, 0.6) is 0 Å². The highest BCUT2D eigenvalue weighted by molar-refractivity contribution is 5.94. The highest BCUT2D eigenvalue weighted by Gasteiger charge is 2.27. The zero-order valence-electron chi connectivity index (χ0n) is 12.5. The van der Waals surface area contributed by atoms with Crippen LogP contribution >= 0.6 is 0 Å². The summed E-state index contributed by atoms with van der Waals surface area (Å²) in [5.41, 5.74) is 3.52. The van der Waals surface area contributed by atoms with Crippen molar-refractivity contribution in [1.29, 1.82) is 0 Å². The number of alkyl halides is 2. The molecule has 0 saturated heterocycles. The van der Waals surface area contributed by atoms with Gasteiger partial charge in [0.1, 0.15) is 11.3 Å². The largest absolute Gasteiger partial charge is 0.345 e. The molecule has 1 amide bonds. The van der Waals surface area contributed by atoms with Gasteiger partial charge in [-0.1, -0.05) is 0 Å². The van der Waals surface area contributed by atoms with Crippen molar-refractivity contribution in [3.63, 3.8) is 0 Å². The van der Waals surface area contributed by atoms with E-state index in [1.807, 2.05) is 5.32 Å². The van der Waals surface area contributed by atoms with Crippen molar-refractivity contribution >= 4 is 16.9 Å². The molecule has 124 valence electrons. The van der Waals surface area contributed by atoms with Gasteiger partial charge in [-0.15, -0.1) is 0 Å². The molecule has 2 aromatic rings. The van der Waals surface area contributed by atoms with Gasteiger partial charge in [-0.05, 0) is 12.1 Å². The van der Waals surface area contributed by atoms with Crippen LogP contribution in [0.2, 0.25) is 0 Å². The first-order valence-corrected chi connectivity index (χ1v) is 6.61. The van der Waals surface area contributed by atoms with Gasteiger partial charge in [-0.25, -0.2) is 18.6 Å². The van der Waals surface area contributed by atoms with E-state index >= 15 is 0 Å². The molecule has 0 saturated carbocycles. The summed E-state index contributed by atoms with van der Waals surface area (Å²) >= 11 is 0. The Kier molecular flexibility index (Phi) is 4.28. The zero-order valence-corrected chi connectivity index (χ0v) is 12.5. The van der Waals surface area contributed by atoms with Crippen LogP contribution in [-0.2, 0) is 14.1 Å². The Balaban J connectivity index is 2.43. The Morgan fingerprint density at radius 3 is 2.57 bits per heavy atom. The molecule has 0 aliphatic heterocycles. The molecular weight excluding hydrogens is 312 g/mol. The lowest BCUT2D eigenvalue weighted by atomic mass is 10.2. The molecule has 2 heterocycles. The van der Waals surface area contributed by atoms with Crippen molar-refractivity contribution in [1.82, 2.24) is 19.4 Å². The van der Waals surface area contributed by atoms with Crippen molar-refractivity contribution in [2.24, 2.45) is 19.8 Å². The number of aromatic nitrogens is 3. The fourth-order valence-electron chi connectivity index (χ4n) is 1.95. The van der Waals surface area contributed by atoms with E-state index in [1.165, 1.54) is 26.2 Å². The standard InChI is InChI=1S/C13H15F2N5O3/c1-19-9-7(11(22)20(2)12(19)23)3-4-8(18-9)10(21)17-6-13(14,15)5-16/h3-4H,5-6,16H2,1-2H3,(H,17,21). The third-order valence-corrected chi connectivity index (χ3v) is 3.34. The molecule has 0 aliphatic carbocycles. The van der Waals surface area contributed by atoms with E-state index in [-0.39, 0.29) is 16.7 Å². The van der Waals surface area contributed by atoms with Gasteiger partial charge in [-0.3, -0.25) is 18.7 Å². The molecule has 10 heteroatoms. The number of halogens is 2. The molecule has 0 spiro atoms. The molecule has 0 fully saturated rings. The maximum absolute atomic E-state index is 13.0. The summed E-state index contributed by atoms with van der Waals surface area (Å²) in [4.78, 5) is 39.6. The van der Waals surface area contributed by atoms with E-state index in [2.05, 4.69) is 4.98 Å². The number of fused-ring (bicyclic) bond motifs is 1. The molecule has 2 aromatic heterocycles. The highest BCUT2D eigenvalue weighted by atomic mass is 19.3. The van der Waals surface area contributed by atoms with Crippen LogP contribution in [-0.4, -0.2) is 39.0 Å². The van der Waals surface area contributed by atoms with Gasteiger partial charge in [0.05, 0.1) is 18.5 Å². The summed E-state index contributed by atoms with van der Waals surface area (Å²) in [6.07, 6.45) is 0. The number of hydrogen-bond donors (Lipinski definition) is 2. The third-order valence-electron chi connectivity index (χ3n) is 3.34. The van der Waals surface area contributed by atoms with Crippen molar-refractivity contribution < 1.29 is 13.6 Å². The fraction of sp³-hybridized carbons (Fsp3) is 0.385. The van der Waals surface area contributed by atoms with E-state index in [0.29, 0.717) is 0 Å². The molecule has 23 heavy (non-hydrogen) atoms. The predicted molar refractivity (Wildman–Crippen MR) is 78.6 cm³/mol. The van der Waals surface area contributed by atoms with Crippen molar-refractivity contribution in [3.8, 4) is 0 Å². The first-order chi connectivity index (χ1) is 10.7. The number of hydrogen-bond acceptors (Lipinski definition) is 5. The molecule has 0 bridgehead atoms. The van der Waals surface area contributed by atoms with Gasteiger partial charge in [0.25, 0.3) is 17.4 Å². The molecule has 0 aliphatic rings. The Morgan fingerprint density at radius 1 is 1.30 bits per heavy atom. The number of carbonyl (C=O) groups excluding carboxylic acids is 1. The molecule has 3 N–H and O–H groups in total. The topological polar surface area (TPSA) is 112 Å².